The minimum absolute atomic E-state index is 0.209. The van der Waals surface area contributed by atoms with E-state index in [2.05, 4.69) is 37.3 Å². The Bertz CT molecular complexity index is 634. The zero-order valence-corrected chi connectivity index (χ0v) is 16.5. The molecule has 24 heavy (non-hydrogen) atoms. The average Bonchev–Trinajstić information content (AvgIpc) is 2.50. The lowest BCUT2D eigenvalue weighted by Gasteiger charge is -2.30. The molecule has 0 saturated heterocycles. The molecule has 1 N–H and O–H groups in total. The molecular weight excluding hydrogens is 328 g/mol. The highest BCUT2D eigenvalue weighted by Gasteiger charge is 2.21. The summed E-state index contributed by atoms with van der Waals surface area (Å²) in [5, 5.41) is 0. The first-order valence-electron chi connectivity index (χ1n) is 8.12. The van der Waals surface area contributed by atoms with Crippen molar-refractivity contribution in [3.8, 4) is 11.5 Å². The Balaban J connectivity index is 2.93. The van der Waals surface area contributed by atoms with Crippen LogP contribution in [-0.2, 0) is 10.0 Å². The molecule has 0 amide bonds. The fourth-order valence-corrected chi connectivity index (χ4v) is 4.01. The summed E-state index contributed by atoms with van der Waals surface area (Å²) < 4.78 is 38.3. The molecule has 0 bridgehead atoms. The van der Waals surface area contributed by atoms with Gasteiger partial charge < -0.3 is 9.47 Å². The fraction of sp³-hybridized carbons (Fsp3) is 0.647. The summed E-state index contributed by atoms with van der Waals surface area (Å²) in [4.78, 5) is 2.45. The second-order valence-corrected chi connectivity index (χ2v) is 8.03. The number of ether oxygens (including phenoxy) is 2. The predicted octanol–water partition coefficient (Wildman–Crippen LogP) is 2.41. The Morgan fingerprint density at radius 2 is 1.54 bits per heavy atom. The number of nitrogens with one attached hydrogen (secondary N) is 1. The molecule has 0 aliphatic carbocycles. The van der Waals surface area contributed by atoms with Crippen molar-refractivity contribution < 1.29 is 17.9 Å². The third kappa shape index (κ3) is 5.09. The van der Waals surface area contributed by atoms with Crippen LogP contribution in [0.3, 0.4) is 0 Å². The molecule has 0 heterocycles. The Morgan fingerprint density at radius 1 is 1.04 bits per heavy atom. The standard InChI is InChI=1S/C17H30N2O4S/c1-12(2)19(13(3)4)9-8-18-24(20,21)17-11-16(23-7)15(22-6)10-14(17)5/h10-13,18H,8-9H2,1-7H3. The van der Waals surface area contributed by atoms with Gasteiger partial charge >= 0.3 is 0 Å². The van der Waals surface area contributed by atoms with Crippen LogP contribution >= 0.6 is 0 Å². The van der Waals surface area contributed by atoms with Gasteiger partial charge in [-0.1, -0.05) is 0 Å². The van der Waals surface area contributed by atoms with Crippen molar-refractivity contribution in [2.45, 2.75) is 51.6 Å². The molecular formula is C17H30N2O4S. The summed E-state index contributed by atoms with van der Waals surface area (Å²) in [6.07, 6.45) is 0. The molecule has 6 nitrogen and oxygen atoms in total. The van der Waals surface area contributed by atoms with Crippen LogP contribution in [0.2, 0.25) is 0 Å². The van der Waals surface area contributed by atoms with Gasteiger partial charge in [-0.15, -0.1) is 0 Å². The molecule has 1 aromatic carbocycles. The van der Waals surface area contributed by atoms with Crippen molar-refractivity contribution in [3.05, 3.63) is 17.7 Å². The molecule has 1 rings (SSSR count). The molecule has 138 valence electrons. The van der Waals surface area contributed by atoms with Gasteiger partial charge in [-0.05, 0) is 46.2 Å². The zero-order valence-electron chi connectivity index (χ0n) is 15.7. The van der Waals surface area contributed by atoms with Gasteiger partial charge in [0.05, 0.1) is 19.1 Å². The number of hydrogen-bond acceptors (Lipinski definition) is 5. The van der Waals surface area contributed by atoms with E-state index >= 15 is 0 Å². The Labute approximate surface area is 146 Å². The van der Waals surface area contributed by atoms with E-state index in [0.29, 0.717) is 42.2 Å². The van der Waals surface area contributed by atoms with E-state index < -0.39 is 10.0 Å². The predicted molar refractivity (Wildman–Crippen MR) is 96.4 cm³/mol. The number of aryl methyl sites for hydroxylation is 1. The molecule has 0 fully saturated rings. The molecule has 1 aromatic rings. The van der Waals surface area contributed by atoms with E-state index in [-0.39, 0.29) is 4.90 Å². The summed E-state index contributed by atoms with van der Waals surface area (Å²) in [6, 6.07) is 3.89. The molecule has 0 unspecified atom stereocenters. The number of sulfonamides is 1. The zero-order chi connectivity index (χ0) is 18.5. The van der Waals surface area contributed by atoms with Crippen LogP contribution in [0.4, 0.5) is 0 Å². The van der Waals surface area contributed by atoms with Crippen LogP contribution in [-0.4, -0.2) is 52.7 Å². The second kappa shape index (κ2) is 8.69. The van der Waals surface area contributed by atoms with Gasteiger partial charge in [0.25, 0.3) is 0 Å². The highest BCUT2D eigenvalue weighted by Crippen LogP contribution is 2.32. The van der Waals surface area contributed by atoms with Crippen molar-refractivity contribution in [2.75, 3.05) is 27.3 Å². The van der Waals surface area contributed by atoms with Crippen molar-refractivity contribution >= 4 is 10.0 Å². The maximum Gasteiger partial charge on any atom is 0.241 e. The molecule has 0 spiro atoms. The van der Waals surface area contributed by atoms with Crippen LogP contribution in [0.15, 0.2) is 17.0 Å². The molecule has 0 aromatic heterocycles. The van der Waals surface area contributed by atoms with Gasteiger partial charge in [0.1, 0.15) is 0 Å². The monoisotopic (exact) mass is 358 g/mol. The number of benzene rings is 1. The lowest BCUT2D eigenvalue weighted by molar-refractivity contribution is 0.179. The number of methoxy groups -OCH3 is 2. The summed E-state index contributed by atoms with van der Waals surface area (Å²) >= 11 is 0. The van der Waals surface area contributed by atoms with Gasteiger partial charge in [0.2, 0.25) is 10.0 Å². The first-order chi connectivity index (χ1) is 11.1. The molecule has 0 aliphatic heterocycles. The minimum Gasteiger partial charge on any atom is -0.493 e. The third-order valence-corrected chi connectivity index (χ3v) is 5.56. The maximum atomic E-state index is 12.6. The average molecular weight is 359 g/mol. The summed E-state index contributed by atoms with van der Waals surface area (Å²) in [5.41, 5.74) is 0.615. The lowest BCUT2D eigenvalue weighted by atomic mass is 10.2. The summed E-state index contributed by atoms with van der Waals surface area (Å²) in [7, 11) is -0.598. The van der Waals surface area contributed by atoms with E-state index in [4.69, 9.17) is 9.47 Å². The van der Waals surface area contributed by atoms with Crippen LogP contribution in [0.25, 0.3) is 0 Å². The Hall–Kier alpha value is -1.31. The molecule has 7 heteroatoms. The van der Waals surface area contributed by atoms with Gasteiger partial charge in [-0.3, -0.25) is 4.90 Å². The van der Waals surface area contributed by atoms with Crippen molar-refractivity contribution in [3.63, 3.8) is 0 Å². The smallest absolute Gasteiger partial charge is 0.241 e. The quantitative estimate of drug-likeness (QED) is 0.734. The van der Waals surface area contributed by atoms with Gasteiger partial charge in [-0.25, -0.2) is 13.1 Å². The van der Waals surface area contributed by atoms with Crippen molar-refractivity contribution in [1.29, 1.82) is 0 Å². The Kier molecular flexibility index (Phi) is 7.51. The maximum absolute atomic E-state index is 12.6. The number of nitrogens with zero attached hydrogens (tertiary/aromatic N) is 1. The van der Waals surface area contributed by atoms with Crippen LogP contribution in [0.5, 0.6) is 11.5 Å². The van der Waals surface area contributed by atoms with Gasteiger partial charge in [0.15, 0.2) is 11.5 Å². The van der Waals surface area contributed by atoms with E-state index in [0.717, 1.165) is 0 Å². The third-order valence-electron chi connectivity index (χ3n) is 3.96. The lowest BCUT2D eigenvalue weighted by Crippen LogP contribution is -2.42. The topological polar surface area (TPSA) is 67.9 Å². The highest BCUT2D eigenvalue weighted by atomic mass is 32.2. The highest BCUT2D eigenvalue weighted by molar-refractivity contribution is 7.89. The largest absolute Gasteiger partial charge is 0.493 e. The molecule has 0 radical (unpaired) electrons. The first kappa shape index (κ1) is 20.7. The van der Waals surface area contributed by atoms with Gasteiger partial charge in [0, 0.05) is 31.2 Å². The molecule has 0 aliphatic rings. The molecule has 0 atom stereocenters. The first-order valence-corrected chi connectivity index (χ1v) is 9.60. The normalized spacial score (nSPS) is 12.2. The van der Waals surface area contributed by atoms with Gasteiger partial charge in [-0.2, -0.15) is 0 Å². The van der Waals surface area contributed by atoms with Crippen LogP contribution < -0.4 is 14.2 Å². The van der Waals surface area contributed by atoms with Crippen molar-refractivity contribution in [2.24, 2.45) is 0 Å². The second-order valence-electron chi connectivity index (χ2n) is 6.30. The SMILES string of the molecule is COc1cc(C)c(S(=O)(=O)NCCN(C(C)C)C(C)C)cc1OC. The van der Waals surface area contributed by atoms with E-state index in [1.807, 2.05) is 0 Å². The Morgan fingerprint density at radius 3 is 2.00 bits per heavy atom. The fourth-order valence-electron chi connectivity index (χ4n) is 2.75. The minimum atomic E-state index is -3.61. The number of rotatable bonds is 9. The van der Waals surface area contributed by atoms with E-state index in [1.54, 1.807) is 13.0 Å². The van der Waals surface area contributed by atoms with E-state index in [1.165, 1.54) is 20.3 Å². The van der Waals surface area contributed by atoms with E-state index in [9.17, 15) is 8.42 Å². The summed E-state index contributed by atoms with van der Waals surface area (Å²) in [6.45, 7) is 11.2. The summed E-state index contributed by atoms with van der Waals surface area (Å²) in [5.74, 6) is 0.911. The van der Waals surface area contributed by atoms with Crippen LogP contribution in [0, 0.1) is 6.92 Å². The molecule has 0 saturated carbocycles. The number of hydrogen-bond donors (Lipinski definition) is 1. The van der Waals surface area contributed by atoms with Crippen molar-refractivity contribution in [1.82, 2.24) is 9.62 Å². The van der Waals surface area contributed by atoms with Crippen LogP contribution in [0.1, 0.15) is 33.3 Å².